The number of nitrogens with zero attached hydrogens (tertiary/aromatic N) is 1. The molecule has 0 aliphatic carbocycles. The van der Waals surface area contributed by atoms with E-state index < -0.39 is 21.1 Å². The van der Waals surface area contributed by atoms with Gasteiger partial charge in [-0.15, -0.1) is 0 Å². The summed E-state index contributed by atoms with van der Waals surface area (Å²) >= 11 is 0. The molecule has 0 unspecified atom stereocenters. The zero-order valence-electron chi connectivity index (χ0n) is 8.76. The fourth-order valence-electron chi connectivity index (χ4n) is 1.19. The summed E-state index contributed by atoms with van der Waals surface area (Å²) in [5.74, 6) is -0.0154. The van der Waals surface area contributed by atoms with E-state index in [1.165, 1.54) is 10.8 Å². The number of sulfone groups is 1. The van der Waals surface area contributed by atoms with E-state index in [0.29, 0.717) is 6.42 Å². The predicted molar refractivity (Wildman–Crippen MR) is 60.1 cm³/mol. The molecule has 0 radical (unpaired) electrons. The van der Waals surface area contributed by atoms with E-state index >= 15 is 0 Å². The molecule has 0 saturated carbocycles. The molecule has 0 saturated heterocycles. The number of aryl methyl sites for hydroxylation is 1. The summed E-state index contributed by atoms with van der Waals surface area (Å²) in [7, 11) is -3.04. The van der Waals surface area contributed by atoms with Crippen molar-refractivity contribution in [3.05, 3.63) is 27.0 Å². The Balaban J connectivity index is 2.80. The molecule has 1 aromatic rings. The van der Waals surface area contributed by atoms with Gasteiger partial charge in [0.2, 0.25) is 0 Å². The Hall–Kier alpha value is -1.57. The summed E-state index contributed by atoms with van der Waals surface area (Å²) in [6.45, 7) is 0.201. The highest BCUT2D eigenvalue weighted by Crippen LogP contribution is 1.93. The standard InChI is InChI=1S/C8H13N3O4S/c1-16(14,15)4-2-3-11-5-6(9)7(12)10-8(11)13/h5H,2-4,9H2,1H3,(H,10,12,13). The lowest BCUT2D eigenvalue weighted by atomic mass is 10.4. The number of hydrogen-bond acceptors (Lipinski definition) is 5. The molecule has 16 heavy (non-hydrogen) atoms. The highest BCUT2D eigenvalue weighted by Gasteiger charge is 2.04. The third-order valence-electron chi connectivity index (χ3n) is 1.95. The van der Waals surface area contributed by atoms with Crippen LogP contribution in [0.2, 0.25) is 0 Å². The average molecular weight is 247 g/mol. The minimum atomic E-state index is -3.04. The Morgan fingerprint density at radius 2 is 2.06 bits per heavy atom. The van der Waals surface area contributed by atoms with E-state index in [0.717, 1.165) is 6.26 Å². The van der Waals surface area contributed by atoms with E-state index in [4.69, 9.17) is 5.73 Å². The Morgan fingerprint density at radius 1 is 1.44 bits per heavy atom. The molecule has 3 N–H and O–H groups in total. The van der Waals surface area contributed by atoms with E-state index in [-0.39, 0.29) is 18.0 Å². The zero-order chi connectivity index (χ0) is 12.3. The topological polar surface area (TPSA) is 115 Å². The van der Waals surface area contributed by atoms with Crippen LogP contribution in [-0.4, -0.2) is 30.0 Å². The first-order chi connectivity index (χ1) is 7.29. The van der Waals surface area contributed by atoms with Gasteiger partial charge in [-0.2, -0.15) is 0 Å². The lowest BCUT2D eigenvalue weighted by Crippen LogP contribution is -2.31. The molecule has 0 aromatic carbocycles. The van der Waals surface area contributed by atoms with Crippen LogP contribution >= 0.6 is 0 Å². The second-order valence-corrected chi connectivity index (χ2v) is 5.78. The fourth-order valence-corrected chi connectivity index (χ4v) is 1.84. The van der Waals surface area contributed by atoms with Gasteiger partial charge >= 0.3 is 5.69 Å². The maximum absolute atomic E-state index is 11.3. The molecule has 0 amide bonds. The molecule has 7 nitrogen and oxygen atoms in total. The van der Waals surface area contributed by atoms with Crippen molar-refractivity contribution in [1.82, 2.24) is 9.55 Å². The van der Waals surface area contributed by atoms with Crippen molar-refractivity contribution < 1.29 is 8.42 Å². The van der Waals surface area contributed by atoms with Gasteiger partial charge in [-0.1, -0.05) is 0 Å². The number of anilines is 1. The van der Waals surface area contributed by atoms with Crippen LogP contribution in [0.5, 0.6) is 0 Å². The highest BCUT2D eigenvalue weighted by molar-refractivity contribution is 7.90. The van der Waals surface area contributed by atoms with Gasteiger partial charge in [-0.05, 0) is 6.42 Å². The molecule has 1 rings (SSSR count). The van der Waals surface area contributed by atoms with Crippen LogP contribution in [0.1, 0.15) is 6.42 Å². The van der Waals surface area contributed by atoms with E-state index in [1.807, 2.05) is 4.98 Å². The molecule has 0 atom stereocenters. The number of rotatable bonds is 4. The van der Waals surface area contributed by atoms with Gasteiger partial charge in [0.15, 0.2) is 0 Å². The first-order valence-corrected chi connectivity index (χ1v) is 6.62. The summed E-state index contributed by atoms with van der Waals surface area (Å²) in [4.78, 5) is 24.2. The maximum Gasteiger partial charge on any atom is 0.328 e. The van der Waals surface area contributed by atoms with Crippen LogP contribution in [0.15, 0.2) is 15.8 Å². The van der Waals surface area contributed by atoms with Gasteiger partial charge in [-0.25, -0.2) is 13.2 Å². The number of nitrogens with one attached hydrogen (secondary N) is 1. The van der Waals surface area contributed by atoms with Crippen molar-refractivity contribution >= 4 is 15.5 Å². The third-order valence-corrected chi connectivity index (χ3v) is 2.98. The van der Waals surface area contributed by atoms with Gasteiger partial charge in [0.25, 0.3) is 5.56 Å². The summed E-state index contributed by atoms with van der Waals surface area (Å²) in [5.41, 5.74) is 4.03. The lowest BCUT2D eigenvalue weighted by Gasteiger charge is -2.04. The Bertz CT molecular complexity index is 584. The van der Waals surface area contributed by atoms with Crippen molar-refractivity contribution in [3.8, 4) is 0 Å². The summed E-state index contributed by atoms with van der Waals surface area (Å²) in [6.07, 6.45) is 2.63. The molecule has 1 heterocycles. The van der Waals surface area contributed by atoms with Gasteiger partial charge in [-0.3, -0.25) is 14.3 Å². The first kappa shape index (κ1) is 12.5. The third kappa shape index (κ3) is 3.54. The SMILES string of the molecule is CS(=O)(=O)CCCn1cc(N)c(=O)[nH]c1=O. The van der Waals surface area contributed by atoms with Crippen molar-refractivity contribution in [3.63, 3.8) is 0 Å². The van der Waals surface area contributed by atoms with Crippen LogP contribution in [0.4, 0.5) is 5.69 Å². The molecule has 1 aromatic heterocycles. The molecular weight excluding hydrogens is 234 g/mol. The van der Waals surface area contributed by atoms with E-state index in [9.17, 15) is 18.0 Å². The van der Waals surface area contributed by atoms with Crippen LogP contribution in [0.3, 0.4) is 0 Å². The lowest BCUT2D eigenvalue weighted by molar-refractivity contribution is 0.586. The molecule has 0 aliphatic rings. The molecule has 8 heteroatoms. The molecular formula is C8H13N3O4S. The van der Waals surface area contributed by atoms with Crippen molar-refractivity contribution in [1.29, 1.82) is 0 Å². The molecule has 0 bridgehead atoms. The Kier molecular flexibility index (Phi) is 3.53. The second kappa shape index (κ2) is 4.52. The van der Waals surface area contributed by atoms with Crippen molar-refractivity contribution in [2.24, 2.45) is 0 Å². The van der Waals surface area contributed by atoms with Crippen LogP contribution in [0.25, 0.3) is 0 Å². The Morgan fingerprint density at radius 3 is 2.62 bits per heavy atom. The van der Waals surface area contributed by atoms with Gasteiger partial charge in [0.05, 0.1) is 5.75 Å². The second-order valence-electron chi connectivity index (χ2n) is 3.52. The smallest absolute Gasteiger partial charge is 0.328 e. The van der Waals surface area contributed by atoms with Crippen molar-refractivity contribution in [2.75, 3.05) is 17.7 Å². The summed E-state index contributed by atoms with van der Waals surface area (Å²) in [5, 5.41) is 0. The van der Waals surface area contributed by atoms with E-state index in [1.54, 1.807) is 0 Å². The van der Waals surface area contributed by atoms with E-state index in [2.05, 4.69) is 0 Å². The van der Waals surface area contributed by atoms with Gasteiger partial charge in [0.1, 0.15) is 15.5 Å². The fraction of sp³-hybridized carbons (Fsp3) is 0.500. The van der Waals surface area contributed by atoms with Gasteiger partial charge < -0.3 is 5.73 Å². The monoisotopic (exact) mass is 247 g/mol. The largest absolute Gasteiger partial charge is 0.393 e. The van der Waals surface area contributed by atoms with Crippen LogP contribution in [0, 0.1) is 0 Å². The van der Waals surface area contributed by atoms with Crippen molar-refractivity contribution in [2.45, 2.75) is 13.0 Å². The number of H-pyrrole nitrogens is 1. The first-order valence-electron chi connectivity index (χ1n) is 4.56. The number of nitrogens with two attached hydrogens (primary N) is 1. The van der Waals surface area contributed by atoms with Crippen LogP contribution < -0.4 is 17.0 Å². The number of aromatic amines is 1. The zero-order valence-corrected chi connectivity index (χ0v) is 9.58. The normalized spacial score (nSPS) is 11.6. The number of aromatic nitrogens is 2. The minimum Gasteiger partial charge on any atom is -0.393 e. The molecule has 0 fully saturated rings. The Labute approximate surface area is 91.8 Å². The average Bonchev–Trinajstić information content (AvgIpc) is 2.11. The summed E-state index contributed by atoms with van der Waals surface area (Å²) in [6, 6.07) is 0. The molecule has 90 valence electrons. The number of nitrogen functional groups attached to an aromatic ring is 1. The van der Waals surface area contributed by atoms with Gasteiger partial charge in [0, 0.05) is 19.0 Å². The summed E-state index contributed by atoms with van der Waals surface area (Å²) < 4.78 is 22.9. The van der Waals surface area contributed by atoms with Crippen LogP contribution in [-0.2, 0) is 16.4 Å². The minimum absolute atomic E-state index is 0.0154. The highest BCUT2D eigenvalue weighted by atomic mass is 32.2. The maximum atomic E-state index is 11.3. The number of hydrogen-bond donors (Lipinski definition) is 2. The molecule has 0 aliphatic heterocycles. The molecule has 0 spiro atoms. The predicted octanol–water partition coefficient (Wildman–Crippen LogP) is -1.45. The quantitative estimate of drug-likeness (QED) is 0.675.